The Morgan fingerprint density at radius 2 is 1.86 bits per heavy atom. The quantitative estimate of drug-likeness (QED) is 0.259. The summed E-state index contributed by atoms with van der Waals surface area (Å²) < 4.78 is 2.71. The predicted molar refractivity (Wildman–Crippen MR) is 132 cm³/mol. The van der Waals surface area contributed by atoms with Crippen LogP contribution in [0.1, 0.15) is 16.1 Å². The second kappa shape index (κ2) is 8.91. The van der Waals surface area contributed by atoms with E-state index in [9.17, 15) is 19.7 Å². The second-order valence-corrected chi connectivity index (χ2v) is 8.46. The number of amides is 1. The number of non-ortho nitro benzene ring substituents is 1. The molecule has 2 N–H and O–H groups in total. The molecule has 14 heteroatoms. The standard InChI is InChI=1S/C22H14Cl2N8O4/c1-11-8-18(26-20(33)15-9-14(32(35)36)6-7-17(15)24)31(29-11)22-27-19-16(21(34)28-22)10-25-30(19)13-4-2-12(23)3-5-13/h2-10H,1H3,(H,26,33)(H,27,28,34). The van der Waals surface area contributed by atoms with Crippen LogP contribution in [-0.2, 0) is 0 Å². The van der Waals surface area contributed by atoms with Crippen molar-refractivity contribution in [2.45, 2.75) is 6.92 Å². The molecule has 1 amide bonds. The van der Waals surface area contributed by atoms with Crippen molar-refractivity contribution in [1.29, 1.82) is 0 Å². The fraction of sp³-hybridized carbons (Fsp3) is 0.0455. The highest BCUT2D eigenvalue weighted by atomic mass is 35.5. The summed E-state index contributed by atoms with van der Waals surface area (Å²) in [6, 6.07) is 11.9. The average Bonchev–Trinajstić information content (AvgIpc) is 3.43. The summed E-state index contributed by atoms with van der Waals surface area (Å²) in [4.78, 5) is 43.4. The maximum Gasteiger partial charge on any atom is 0.270 e. The number of hydrogen-bond donors (Lipinski definition) is 2. The van der Waals surface area contributed by atoms with Crippen molar-refractivity contribution in [2.75, 3.05) is 5.32 Å². The zero-order chi connectivity index (χ0) is 25.6. The number of rotatable bonds is 5. The maximum absolute atomic E-state index is 12.9. The highest BCUT2D eigenvalue weighted by Gasteiger charge is 2.20. The summed E-state index contributed by atoms with van der Waals surface area (Å²) in [7, 11) is 0. The zero-order valence-electron chi connectivity index (χ0n) is 18.3. The Bertz CT molecular complexity index is 1720. The van der Waals surface area contributed by atoms with Gasteiger partial charge >= 0.3 is 0 Å². The molecule has 180 valence electrons. The second-order valence-electron chi connectivity index (χ2n) is 7.62. The van der Waals surface area contributed by atoms with Crippen LogP contribution < -0.4 is 10.9 Å². The zero-order valence-corrected chi connectivity index (χ0v) is 19.8. The molecule has 0 bridgehead atoms. The van der Waals surface area contributed by atoms with Gasteiger partial charge in [0.15, 0.2) is 5.65 Å². The van der Waals surface area contributed by atoms with Crippen LogP contribution in [0, 0.1) is 17.0 Å². The first kappa shape index (κ1) is 23.2. The molecule has 0 saturated carbocycles. The number of nitrogens with one attached hydrogen (secondary N) is 2. The molecular weight excluding hydrogens is 511 g/mol. The third-order valence-electron chi connectivity index (χ3n) is 5.18. The Kier molecular flexibility index (Phi) is 5.74. The van der Waals surface area contributed by atoms with Crippen molar-refractivity contribution in [2.24, 2.45) is 0 Å². The van der Waals surface area contributed by atoms with Crippen molar-refractivity contribution >= 4 is 51.6 Å². The van der Waals surface area contributed by atoms with Gasteiger partial charge in [-0.15, -0.1) is 0 Å². The van der Waals surface area contributed by atoms with Crippen LogP contribution in [0.2, 0.25) is 10.0 Å². The van der Waals surface area contributed by atoms with Gasteiger partial charge in [0.1, 0.15) is 11.2 Å². The van der Waals surface area contributed by atoms with Gasteiger partial charge < -0.3 is 5.32 Å². The average molecular weight is 525 g/mol. The van der Waals surface area contributed by atoms with Crippen LogP contribution in [0.15, 0.2) is 59.5 Å². The number of aromatic nitrogens is 6. The number of fused-ring (bicyclic) bond motifs is 1. The van der Waals surface area contributed by atoms with Crippen molar-refractivity contribution in [3.63, 3.8) is 0 Å². The summed E-state index contributed by atoms with van der Waals surface area (Å²) in [5.41, 5.74) is 0.522. The normalized spacial score (nSPS) is 11.1. The highest BCUT2D eigenvalue weighted by molar-refractivity contribution is 6.34. The van der Waals surface area contributed by atoms with Crippen LogP contribution in [-0.4, -0.2) is 40.4 Å². The lowest BCUT2D eigenvalue weighted by Crippen LogP contribution is -2.19. The SMILES string of the molecule is Cc1cc(NC(=O)c2cc([N+](=O)[O-])ccc2Cl)n(-c2nc3c(cnn3-c3ccc(Cl)cc3)c(=O)[nH]2)n1. The van der Waals surface area contributed by atoms with Crippen molar-refractivity contribution < 1.29 is 9.72 Å². The maximum atomic E-state index is 12.9. The molecule has 0 aliphatic carbocycles. The number of carbonyl (C=O) groups is 1. The molecule has 36 heavy (non-hydrogen) atoms. The van der Waals surface area contributed by atoms with Gasteiger partial charge in [-0.25, -0.2) is 4.68 Å². The number of nitro groups is 1. The third kappa shape index (κ3) is 4.19. The van der Waals surface area contributed by atoms with Gasteiger partial charge in [-0.1, -0.05) is 23.2 Å². The first-order valence-electron chi connectivity index (χ1n) is 10.3. The van der Waals surface area contributed by atoms with Crippen LogP contribution in [0.25, 0.3) is 22.7 Å². The van der Waals surface area contributed by atoms with E-state index in [0.29, 0.717) is 16.4 Å². The molecule has 0 fully saturated rings. The Hall–Kier alpha value is -4.55. The number of aryl methyl sites for hydroxylation is 1. The van der Waals surface area contributed by atoms with E-state index in [1.165, 1.54) is 27.7 Å². The Morgan fingerprint density at radius 3 is 2.58 bits per heavy atom. The molecule has 0 aliphatic heterocycles. The largest absolute Gasteiger partial charge is 0.306 e. The van der Waals surface area contributed by atoms with Crippen LogP contribution in [0.5, 0.6) is 0 Å². The molecule has 5 aromatic rings. The number of nitro benzene ring substituents is 1. The minimum absolute atomic E-state index is 0.0109. The molecule has 5 rings (SSSR count). The van der Waals surface area contributed by atoms with E-state index in [2.05, 4.69) is 25.5 Å². The van der Waals surface area contributed by atoms with Gasteiger partial charge in [0.05, 0.1) is 33.1 Å². The van der Waals surface area contributed by atoms with Gasteiger partial charge in [0.25, 0.3) is 17.2 Å². The molecule has 3 heterocycles. The summed E-state index contributed by atoms with van der Waals surface area (Å²) in [5.74, 6) is -0.545. The van der Waals surface area contributed by atoms with Crippen LogP contribution >= 0.6 is 23.2 Å². The molecule has 0 saturated heterocycles. The minimum Gasteiger partial charge on any atom is -0.306 e. The number of H-pyrrole nitrogens is 1. The van der Waals surface area contributed by atoms with Gasteiger partial charge in [0.2, 0.25) is 5.95 Å². The first-order chi connectivity index (χ1) is 17.2. The van der Waals surface area contributed by atoms with E-state index < -0.39 is 16.4 Å². The molecule has 0 aliphatic rings. The minimum atomic E-state index is -0.709. The van der Waals surface area contributed by atoms with E-state index in [-0.39, 0.29) is 39.1 Å². The Balaban J connectivity index is 1.57. The lowest BCUT2D eigenvalue weighted by atomic mass is 10.2. The van der Waals surface area contributed by atoms with Gasteiger partial charge in [0, 0.05) is 23.2 Å². The lowest BCUT2D eigenvalue weighted by molar-refractivity contribution is -0.384. The van der Waals surface area contributed by atoms with E-state index in [0.717, 1.165) is 6.07 Å². The molecule has 3 aromatic heterocycles. The fourth-order valence-electron chi connectivity index (χ4n) is 3.51. The molecule has 0 radical (unpaired) electrons. The van der Waals surface area contributed by atoms with E-state index >= 15 is 0 Å². The van der Waals surface area contributed by atoms with Crippen LogP contribution in [0.3, 0.4) is 0 Å². The molecule has 0 atom stereocenters. The van der Waals surface area contributed by atoms with E-state index in [1.54, 1.807) is 37.3 Å². The number of carbonyl (C=O) groups excluding carboxylic acids is 1. The monoisotopic (exact) mass is 524 g/mol. The van der Waals surface area contributed by atoms with Crippen LogP contribution in [0.4, 0.5) is 11.5 Å². The summed E-state index contributed by atoms with van der Waals surface area (Å²) in [6.07, 6.45) is 1.39. The van der Waals surface area contributed by atoms with E-state index in [1.807, 2.05) is 0 Å². The highest BCUT2D eigenvalue weighted by Crippen LogP contribution is 2.24. The Labute approximate surface area is 211 Å². The summed E-state index contributed by atoms with van der Waals surface area (Å²) in [5, 5.41) is 23.1. The number of halogens is 2. The number of nitrogens with zero attached hydrogens (tertiary/aromatic N) is 6. The summed E-state index contributed by atoms with van der Waals surface area (Å²) in [6.45, 7) is 1.68. The Morgan fingerprint density at radius 1 is 1.11 bits per heavy atom. The molecule has 0 unspecified atom stereocenters. The molecule has 12 nitrogen and oxygen atoms in total. The molecule has 0 spiro atoms. The topological polar surface area (TPSA) is 154 Å². The fourth-order valence-corrected chi connectivity index (χ4v) is 3.84. The van der Waals surface area contributed by atoms with E-state index in [4.69, 9.17) is 23.2 Å². The van der Waals surface area contributed by atoms with Crippen molar-refractivity contribution in [3.8, 4) is 11.6 Å². The number of hydrogen-bond acceptors (Lipinski definition) is 7. The number of benzene rings is 2. The third-order valence-corrected chi connectivity index (χ3v) is 5.76. The molecule has 2 aromatic carbocycles. The first-order valence-corrected chi connectivity index (χ1v) is 11.0. The lowest BCUT2D eigenvalue weighted by Gasteiger charge is -2.10. The molecular formula is C22H14Cl2N8O4. The summed E-state index contributed by atoms with van der Waals surface area (Å²) >= 11 is 12.1. The van der Waals surface area contributed by atoms with Gasteiger partial charge in [-0.05, 0) is 37.3 Å². The number of aromatic amines is 1. The predicted octanol–water partition coefficient (Wildman–Crippen LogP) is 4.07. The van der Waals surface area contributed by atoms with Crippen molar-refractivity contribution in [3.05, 3.63) is 96.5 Å². The smallest absolute Gasteiger partial charge is 0.270 e. The van der Waals surface area contributed by atoms with Gasteiger partial charge in [-0.2, -0.15) is 19.9 Å². The van der Waals surface area contributed by atoms with Gasteiger partial charge in [-0.3, -0.25) is 24.7 Å². The van der Waals surface area contributed by atoms with Crippen molar-refractivity contribution in [1.82, 2.24) is 29.5 Å². The number of anilines is 1.